The second kappa shape index (κ2) is 3.89. The molecular formula is C9H15N3O2S2. The summed E-state index contributed by atoms with van der Waals surface area (Å²) in [5, 5.41) is 3.79. The van der Waals surface area contributed by atoms with E-state index in [4.69, 9.17) is 5.73 Å². The summed E-state index contributed by atoms with van der Waals surface area (Å²) in [6.07, 6.45) is 3.36. The Morgan fingerprint density at radius 2 is 2.31 bits per heavy atom. The van der Waals surface area contributed by atoms with Gasteiger partial charge >= 0.3 is 0 Å². The van der Waals surface area contributed by atoms with Gasteiger partial charge in [0.05, 0.1) is 0 Å². The molecule has 1 fully saturated rings. The molecule has 0 amide bonds. The van der Waals surface area contributed by atoms with Crippen molar-refractivity contribution < 1.29 is 8.42 Å². The Morgan fingerprint density at radius 3 is 2.81 bits per heavy atom. The molecule has 90 valence electrons. The molecule has 1 aliphatic rings. The van der Waals surface area contributed by atoms with Crippen LogP contribution in [0, 0.1) is 5.92 Å². The fourth-order valence-corrected chi connectivity index (χ4v) is 3.91. The average Bonchev–Trinajstić information content (AvgIpc) is 2.80. The van der Waals surface area contributed by atoms with Gasteiger partial charge < -0.3 is 11.1 Å². The van der Waals surface area contributed by atoms with Crippen LogP contribution >= 0.6 is 11.5 Å². The molecule has 0 bridgehead atoms. The van der Waals surface area contributed by atoms with Crippen LogP contribution in [0.25, 0.3) is 0 Å². The Balaban J connectivity index is 2.23. The standard InChI is InChI=1S/C9H15N3O2S2/c1-3-5-4-6(5)11-9-7(16(2,13)14)8(10)12-15-9/h5-6,11H,3-4H2,1-2H3,(H2,10,12). The molecular weight excluding hydrogens is 246 g/mol. The van der Waals surface area contributed by atoms with Crippen molar-refractivity contribution in [2.45, 2.75) is 30.7 Å². The van der Waals surface area contributed by atoms with Crippen molar-refractivity contribution in [3.05, 3.63) is 0 Å². The molecule has 7 heteroatoms. The minimum absolute atomic E-state index is 0.101. The summed E-state index contributed by atoms with van der Waals surface area (Å²) in [7, 11) is -3.30. The van der Waals surface area contributed by atoms with Crippen molar-refractivity contribution in [3.63, 3.8) is 0 Å². The summed E-state index contributed by atoms with van der Waals surface area (Å²) < 4.78 is 27.0. The van der Waals surface area contributed by atoms with Crippen LogP contribution in [0.4, 0.5) is 10.8 Å². The molecule has 0 saturated heterocycles. The van der Waals surface area contributed by atoms with Gasteiger partial charge in [0, 0.05) is 12.3 Å². The van der Waals surface area contributed by atoms with E-state index in [9.17, 15) is 8.42 Å². The first-order valence-electron chi connectivity index (χ1n) is 5.15. The summed E-state index contributed by atoms with van der Waals surface area (Å²) >= 11 is 1.12. The normalized spacial score (nSPS) is 24.4. The minimum Gasteiger partial charge on any atom is -0.382 e. The molecule has 1 aromatic rings. The van der Waals surface area contributed by atoms with Gasteiger partial charge in [-0.1, -0.05) is 13.3 Å². The second-order valence-corrected chi connectivity index (χ2v) is 6.88. The maximum absolute atomic E-state index is 11.5. The van der Waals surface area contributed by atoms with Crippen molar-refractivity contribution in [2.24, 2.45) is 5.92 Å². The predicted molar refractivity (Wildman–Crippen MR) is 65.4 cm³/mol. The van der Waals surface area contributed by atoms with Crippen LogP contribution in [0.3, 0.4) is 0 Å². The van der Waals surface area contributed by atoms with E-state index < -0.39 is 9.84 Å². The highest BCUT2D eigenvalue weighted by molar-refractivity contribution is 7.91. The minimum atomic E-state index is -3.30. The van der Waals surface area contributed by atoms with Crippen LogP contribution in [-0.2, 0) is 9.84 Å². The summed E-state index contributed by atoms with van der Waals surface area (Å²) in [5.74, 6) is 0.749. The van der Waals surface area contributed by atoms with Crippen molar-refractivity contribution in [1.82, 2.24) is 4.37 Å². The van der Waals surface area contributed by atoms with Crippen molar-refractivity contribution in [2.75, 3.05) is 17.3 Å². The first-order valence-corrected chi connectivity index (χ1v) is 7.81. The smallest absolute Gasteiger partial charge is 0.182 e. The zero-order chi connectivity index (χ0) is 11.9. The third kappa shape index (κ3) is 2.15. The Kier molecular flexibility index (Phi) is 2.83. The first kappa shape index (κ1) is 11.7. The number of hydrogen-bond acceptors (Lipinski definition) is 6. The van der Waals surface area contributed by atoms with Crippen LogP contribution in [-0.4, -0.2) is 25.1 Å². The summed E-state index contributed by atoms with van der Waals surface area (Å²) in [4.78, 5) is 0.152. The SMILES string of the molecule is CCC1CC1Nc1snc(N)c1S(C)(=O)=O. The van der Waals surface area contributed by atoms with Gasteiger partial charge in [0.2, 0.25) is 0 Å². The van der Waals surface area contributed by atoms with Crippen molar-refractivity contribution in [1.29, 1.82) is 0 Å². The maximum atomic E-state index is 11.5. The number of aromatic nitrogens is 1. The molecule has 2 unspecified atom stereocenters. The summed E-state index contributed by atoms with van der Waals surface area (Å²) in [6.45, 7) is 2.13. The van der Waals surface area contributed by atoms with E-state index in [-0.39, 0.29) is 10.7 Å². The highest BCUT2D eigenvalue weighted by Crippen LogP contribution is 2.40. The van der Waals surface area contributed by atoms with Gasteiger partial charge in [-0.15, -0.1) is 0 Å². The van der Waals surface area contributed by atoms with Crippen LogP contribution < -0.4 is 11.1 Å². The number of anilines is 2. The van der Waals surface area contributed by atoms with Gasteiger partial charge in [0.25, 0.3) is 0 Å². The number of sulfone groups is 1. The van der Waals surface area contributed by atoms with Crippen molar-refractivity contribution in [3.8, 4) is 0 Å². The number of nitrogens with zero attached hydrogens (tertiary/aromatic N) is 1. The van der Waals surface area contributed by atoms with E-state index in [1.165, 1.54) is 0 Å². The molecule has 1 aliphatic carbocycles. The van der Waals surface area contributed by atoms with Gasteiger partial charge in [-0.05, 0) is 23.9 Å². The molecule has 0 aliphatic heterocycles. The van der Waals surface area contributed by atoms with E-state index in [1.807, 2.05) is 0 Å². The summed E-state index contributed by atoms with van der Waals surface area (Å²) in [6, 6.07) is 0.380. The van der Waals surface area contributed by atoms with Crippen LogP contribution in [0.5, 0.6) is 0 Å². The second-order valence-electron chi connectivity index (χ2n) is 4.15. The van der Waals surface area contributed by atoms with Gasteiger partial charge in [-0.3, -0.25) is 0 Å². The fourth-order valence-electron chi connectivity index (χ4n) is 1.79. The Hall–Kier alpha value is -0.820. The Morgan fingerprint density at radius 1 is 1.62 bits per heavy atom. The maximum Gasteiger partial charge on any atom is 0.182 e. The molecule has 0 radical (unpaired) electrons. The lowest BCUT2D eigenvalue weighted by Crippen LogP contribution is -2.08. The van der Waals surface area contributed by atoms with E-state index in [0.29, 0.717) is 17.0 Å². The van der Waals surface area contributed by atoms with E-state index in [0.717, 1.165) is 30.6 Å². The monoisotopic (exact) mass is 261 g/mol. The first-order chi connectivity index (χ1) is 7.43. The fraction of sp³-hybridized carbons (Fsp3) is 0.667. The Labute approximate surface area is 99.1 Å². The number of hydrogen-bond donors (Lipinski definition) is 2. The van der Waals surface area contributed by atoms with E-state index >= 15 is 0 Å². The zero-order valence-electron chi connectivity index (χ0n) is 9.23. The van der Waals surface area contributed by atoms with Crippen LogP contribution in [0.15, 0.2) is 4.90 Å². The predicted octanol–water partition coefficient (Wildman–Crippen LogP) is 1.34. The number of rotatable bonds is 4. The lowest BCUT2D eigenvalue weighted by atomic mass is 10.3. The molecule has 1 heterocycles. The van der Waals surface area contributed by atoms with Gasteiger partial charge in [0.1, 0.15) is 9.90 Å². The quantitative estimate of drug-likeness (QED) is 0.854. The van der Waals surface area contributed by atoms with Gasteiger partial charge in [-0.25, -0.2) is 8.42 Å². The zero-order valence-corrected chi connectivity index (χ0v) is 10.9. The topological polar surface area (TPSA) is 85.1 Å². The highest BCUT2D eigenvalue weighted by atomic mass is 32.2. The number of nitrogens with two attached hydrogens (primary N) is 1. The molecule has 0 spiro atoms. The highest BCUT2D eigenvalue weighted by Gasteiger charge is 2.37. The third-order valence-electron chi connectivity index (χ3n) is 2.81. The average molecular weight is 261 g/mol. The molecule has 16 heavy (non-hydrogen) atoms. The van der Waals surface area contributed by atoms with Gasteiger partial charge in [0.15, 0.2) is 15.7 Å². The van der Waals surface area contributed by atoms with Crippen LogP contribution in [0.2, 0.25) is 0 Å². The summed E-state index contributed by atoms with van der Waals surface area (Å²) in [5.41, 5.74) is 5.57. The molecule has 1 saturated carbocycles. The lowest BCUT2D eigenvalue weighted by molar-refractivity contribution is 0.602. The molecule has 0 aromatic carbocycles. The molecule has 5 nitrogen and oxygen atoms in total. The molecule has 2 rings (SSSR count). The Bertz CT molecular complexity index is 495. The largest absolute Gasteiger partial charge is 0.382 e. The van der Waals surface area contributed by atoms with Crippen LogP contribution in [0.1, 0.15) is 19.8 Å². The molecule has 2 atom stereocenters. The van der Waals surface area contributed by atoms with E-state index in [1.54, 1.807) is 0 Å². The lowest BCUT2D eigenvalue weighted by Gasteiger charge is -2.04. The number of nitrogen functional groups attached to an aromatic ring is 1. The molecule has 1 aromatic heterocycles. The molecule has 3 N–H and O–H groups in total. The third-order valence-corrected chi connectivity index (χ3v) is 4.88. The van der Waals surface area contributed by atoms with E-state index in [2.05, 4.69) is 16.6 Å². The van der Waals surface area contributed by atoms with Crippen molar-refractivity contribution >= 4 is 32.2 Å². The van der Waals surface area contributed by atoms with Gasteiger partial charge in [-0.2, -0.15) is 4.37 Å². The number of nitrogens with one attached hydrogen (secondary N) is 1.